The predicted molar refractivity (Wildman–Crippen MR) is 58.9 cm³/mol. The van der Waals surface area contributed by atoms with Gasteiger partial charge in [0.2, 0.25) is 5.89 Å². The van der Waals surface area contributed by atoms with Gasteiger partial charge in [-0.05, 0) is 33.7 Å². The highest BCUT2D eigenvalue weighted by atomic mass is 16.5. The molecule has 0 radical (unpaired) electrons. The molecule has 90 valence electrons. The van der Waals surface area contributed by atoms with Crippen LogP contribution in [0.4, 0.5) is 0 Å². The van der Waals surface area contributed by atoms with E-state index in [9.17, 15) is 5.11 Å². The Balaban J connectivity index is 1.97. The third-order valence-electron chi connectivity index (χ3n) is 3.22. The van der Waals surface area contributed by atoms with E-state index >= 15 is 0 Å². The molecule has 0 amide bonds. The summed E-state index contributed by atoms with van der Waals surface area (Å²) in [5.41, 5.74) is -0.270. The largest absolute Gasteiger partial charge is 0.394 e. The number of hydrogen-bond acceptors (Lipinski definition) is 5. The van der Waals surface area contributed by atoms with Crippen molar-refractivity contribution in [1.82, 2.24) is 15.0 Å². The second-order valence-corrected chi connectivity index (χ2v) is 5.15. The van der Waals surface area contributed by atoms with E-state index < -0.39 is 0 Å². The first-order chi connectivity index (χ1) is 7.53. The van der Waals surface area contributed by atoms with Crippen LogP contribution in [0.3, 0.4) is 0 Å². The highest BCUT2D eigenvalue weighted by Crippen LogP contribution is 2.38. The molecule has 1 fully saturated rings. The summed E-state index contributed by atoms with van der Waals surface area (Å²) in [6, 6.07) is 0. The first-order valence-corrected chi connectivity index (χ1v) is 5.67. The summed E-state index contributed by atoms with van der Waals surface area (Å²) in [5, 5.41) is 13.2. The average Bonchev–Trinajstić information content (AvgIpc) is 3.00. The van der Waals surface area contributed by atoms with E-state index in [1.165, 1.54) is 12.8 Å². The Labute approximate surface area is 95.4 Å². The zero-order valence-electron chi connectivity index (χ0n) is 10.1. The summed E-state index contributed by atoms with van der Waals surface area (Å²) in [4.78, 5) is 6.37. The lowest BCUT2D eigenvalue weighted by molar-refractivity contribution is 0.0652. The first kappa shape index (κ1) is 11.5. The summed E-state index contributed by atoms with van der Waals surface area (Å²) in [7, 11) is 1.94. The third-order valence-corrected chi connectivity index (χ3v) is 3.22. The van der Waals surface area contributed by atoms with Crippen LogP contribution >= 0.6 is 0 Å². The van der Waals surface area contributed by atoms with Crippen LogP contribution in [0, 0.1) is 0 Å². The van der Waals surface area contributed by atoms with E-state index in [2.05, 4.69) is 10.1 Å². The number of rotatable bonds is 5. The molecule has 2 rings (SSSR count). The zero-order chi connectivity index (χ0) is 11.8. The minimum Gasteiger partial charge on any atom is -0.394 e. The molecule has 1 heterocycles. The number of likely N-dealkylation sites (N-methyl/N-ethyl adjacent to an activating group) is 1. The Morgan fingerprint density at radius 3 is 2.75 bits per heavy atom. The fraction of sp³-hybridized carbons (Fsp3) is 0.818. The van der Waals surface area contributed by atoms with Crippen molar-refractivity contribution < 1.29 is 9.63 Å². The van der Waals surface area contributed by atoms with Crippen molar-refractivity contribution in [2.45, 2.75) is 44.7 Å². The third kappa shape index (κ3) is 2.41. The summed E-state index contributed by atoms with van der Waals surface area (Å²) in [6.45, 7) is 4.64. The number of aromatic nitrogens is 2. The summed E-state index contributed by atoms with van der Waals surface area (Å²) in [6.07, 6.45) is 2.36. The highest BCUT2D eigenvalue weighted by Gasteiger charge is 2.30. The molecule has 1 saturated carbocycles. The fourth-order valence-electron chi connectivity index (χ4n) is 1.38. The molecule has 5 heteroatoms. The van der Waals surface area contributed by atoms with Crippen LogP contribution in [0.25, 0.3) is 0 Å². The van der Waals surface area contributed by atoms with Crippen LogP contribution in [0.15, 0.2) is 4.52 Å². The molecule has 1 N–H and O–H groups in total. The second kappa shape index (κ2) is 4.14. The summed E-state index contributed by atoms with van der Waals surface area (Å²) >= 11 is 0. The number of aliphatic hydroxyl groups is 1. The number of hydrogen-bond donors (Lipinski definition) is 1. The van der Waals surface area contributed by atoms with Crippen LogP contribution < -0.4 is 0 Å². The molecule has 1 aliphatic carbocycles. The Hall–Kier alpha value is -0.940. The van der Waals surface area contributed by atoms with Crippen molar-refractivity contribution in [3.8, 4) is 0 Å². The molecule has 0 saturated heterocycles. The lowest BCUT2D eigenvalue weighted by atomic mass is 10.1. The smallest absolute Gasteiger partial charge is 0.240 e. The molecule has 0 spiro atoms. The van der Waals surface area contributed by atoms with Gasteiger partial charge in [-0.15, -0.1) is 0 Å². The Bertz CT molecular complexity index is 358. The minimum atomic E-state index is -0.270. The normalized spacial score (nSPS) is 17.1. The van der Waals surface area contributed by atoms with Crippen molar-refractivity contribution in [2.75, 3.05) is 13.7 Å². The summed E-state index contributed by atoms with van der Waals surface area (Å²) in [5.74, 6) is 1.99. The van der Waals surface area contributed by atoms with E-state index in [-0.39, 0.29) is 12.1 Å². The van der Waals surface area contributed by atoms with Gasteiger partial charge in [-0.3, -0.25) is 4.90 Å². The lowest BCUT2D eigenvalue weighted by Gasteiger charge is -2.32. The van der Waals surface area contributed by atoms with Gasteiger partial charge < -0.3 is 9.63 Å². The van der Waals surface area contributed by atoms with Gasteiger partial charge in [0.05, 0.1) is 13.2 Å². The van der Waals surface area contributed by atoms with Gasteiger partial charge in [0.25, 0.3) is 0 Å². The highest BCUT2D eigenvalue weighted by molar-refractivity contribution is 5.03. The van der Waals surface area contributed by atoms with Crippen LogP contribution in [0.5, 0.6) is 0 Å². The van der Waals surface area contributed by atoms with Gasteiger partial charge in [-0.25, -0.2) is 0 Å². The molecular formula is C11H19N3O2. The average molecular weight is 225 g/mol. The Morgan fingerprint density at radius 2 is 2.19 bits per heavy atom. The maximum atomic E-state index is 9.24. The molecule has 1 aromatic heterocycles. The molecule has 0 aromatic carbocycles. The maximum absolute atomic E-state index is 9.24. The van der Waals surface area contributed by atoms with Crippen molar-refractivity contribution >= 4 is 0 Å². The topological polar surface area (TPSA) is 62.4 Å². The zero-order valence-corrected chi connectivity index (χ0v) is 10.1. The number of aliphatic hydroxyl groups excluding tert-OH is 1. The summed E-state index contributed by atoms with van der Waals surface area (Å²) < 4.78 is 5.19. The molecule has 0 bridgehead atoms. The molecule has 1 aromatic rings. The van der Waals surface area contributed by atoms with Crippen molar-refractivity contribution in [3.05, 3.63) is 11.7 Å². The quantitative estimate of drug-likeness (QED) is 0.814. The van der Waals surface area contributed by atoms with Gasteiger partial charge >= 0.3 is 0 Å². The van der Waals surface area contributed by atoms with Gasteiger partial charge in [-0.2, -0.15) is 4.98 Å². The van der Waals surface area contributed by atoms with E-state index in [1.807, 2.05) is 25.8 Å². The molecule has 0 aliphatic heterocycles. The molecule has 0 atom stereocenters. The van der Waals surface area contributed by atoms with Gasteiger partial charge in [0, 0.05) is 11.5 Å². The van der Waals surface area contributed by atoms with Crippen LogP contribution in [-0.2, 0) is 6.54 Å². The molecule has 0 unspecified atom stereocenters. The van der Waals surface area contributed by atoms with Crippen LogP contribution in [-0.4, -0.2) is 39.3 Å². The number of nitrogens with zero attached hydrogens (tertiary/aromatic N) is 3. The predicted octanol–water partition coefficient (Wildman–Crippen LogP) is 1.15. The maximum Gasteiger partial charge on any atom is 0.240 e. The van der Waals surface area contributed by atoms with Crippen molar-refractivity contribution in [3.63, 3.8) is 0 Å². The Kier molecular flexibility index (Phi) is 2.99. The molecular weight excluding hydrogens is 206 g/mol. The van der Waals surface area contributed by atoms with Crippen molar-refractivity contribution in [1.29, 1.82) is 0 Å². The molecule has 16 heavy (non-hydrogen) atoms. The van der Waals surface area contributed by atoms with Gasteiger partial charge in [0.15, 0.2) is 5.82 Å². The van der Waals surface area contributed by atoms with Gasteiger partial charge in [-0.1, -0.05) is 5.16 Å². The minimum absolute atomic E-state index is 0.104. The van der Waals surface area contributed by atoms with Crippen LogP contribution in [0.1, 0.15) is 44.3 Å². The fourth-order valence-corrected chi connectivity index (χ4v) is 1.38. The second-order valence-electron chi connectivity index (χ2n) is 5.15. The van der Waals surface area contributed by atoms with Gasteiger partial charge in [0.1, 0.15) is 0 Å². The lowest BCUT2D eigenvalue weighted by Crippen LogP contribution is -2.43. The van der Waals surface area contributed by atoms with Crippen molar-refractivity contribution in [2.24, 2.45) is 0 Å². The van der Waals surface area contributed by atoms with E-state index in [0.29, 0.717) is 18.4 Å². The standard InChI is InChI=1S/C11H19N3O2/c1-11(2,7-15)14(3)6-9-12-10(13-16-9)8-4-5-8/h8,15H,4-7H2,1-3H3. The Morgan fingerprint density at radius 1 is 1.50 bits per heavy atom. The SMILES string of the molecule is CN(Cc1nc(C2CC2)no1)C(C)(C)CO. The molecule has 5 nitrogen and oxygen atoms in total. The van der Waals surface area contributed by atoms with Crippen LogP contribution in [0.2, 0.25) is 0 Å². The monoisotopic (exact) mass is 225 g/mol. The first-order valence-electron chi connectivity index (χ1n) is 5.67. The van der Waals surface area contributed by atoms with E-state index in [4.69, 9.17) is 4.52 Å². The van der Waals surface area contributed by atoms with E-state index in [0.717, 1.165) is 5.82 Å². The molecule has 1 aliphatic rings. The van der Waals surface area contributed by atoms with E-state index in [1.54, 1.807) is 0 Å².